The monoisotopic (exact) mass is 285 g/mol. The van der Waals surface area contributed by atoms with Gasteiger partial charge in [0.15, 0.2) is 5.82 Å². The van der Waals surface area contributed by atoms with Gasteiger partial charge in [0.05, 0.1) is 0 Å². The Balaban J connectivity index is 1.82. The van der Waals surface area contributed by atoms with Crippen LogP contribution in [0.5, 0.6) is 0 Å². The van der Waals surface area contributed by atoms with Crippen LogP contribution >= 0.6 is 11.3 Å². The fourth-order valence-corrected chi connectivity index (χ4v) is 3.38. The van der Waals surface area contributed by atoms with Crippen LogP contribution in [0.2, 0.25) is 0 Å². The lowest BCUT2D eigenvalue weighted by molar-refractivity contribution is 0.727. The Morgan fingerprint density at radius 3 is 3.05 bits per heavy atom. The smallest absolute Gasteiger partial charge is 0.234 e. The molecule has 4 rings (SSSR count). The minimum atomic E-state index is 0.321. The summed E-state index contributed by atoms with van der Waals surface area (Å²) < 4.78 is 1.87. The summed E-state index contributed by atoms with van der Waals surface area (Å²) in [5.41, 5.74) is 3.76. The lowest BCUT2D eigenvalue weighted by atomic mass is 10.1. The molecule has 0 amide bonds. The van der Waals surface area contributed by atoms with Gasteiger partial charge in [-0.3, -0.25) is 0 Å². The molecule has 102 valence electrons. The van der Waals surface area contributed by atoms with Crippen molar-refractivity contribution in [3.63, 3.8) is 0 Å². The zero-order chi connectivity index (χ0) is 13.7. The SMILES string of the molecule is CC(C)c1nnc2sc(-c3ccc4c(c3)NCC4)nn12. The van der Waals surface area contributed by atoms with E-state index in [-0.39, 0.29) is 0 Å². The maximum Gasteiger partial charge on any atom is 0.234 e. The van der Waals surface area contributed by atoms with Crippen molar-refractivity contribution in [2.45, 2.75) is 26.2 Å². The van der Waals surface area contributed by atoms with Gasteiger partial charge < -0.3 is 5.32 Å². The average molecular weight is 285 g/mol. The van der Waals surface area contributed by atoms with E-state index in [1.807, 2.05) is 4.52 Å². The molecule has 1 aliphatic heterocycles. The maximum atomic E-state index is 4.67. The topological polar surface area (TPSA) is 55.1 Å². The van der Waals surface area contributed by atoms with Crippen LogP contribution in [-0.4, -0.2) is 26.4 Å². The van der Waals surface area contributed by atoms with Gasteiger partial charge in [0.1, 0.15) is 5.01 Å². The molecule has 0 spiro atoms. The first-order valence-electron chi connectivity index (χ1n) is 6.81. The highest BCUT2D eigenvalue weighted by atomic mass is 32.1. The molecule has 0 saturated heterocycles. The Morgan fingerprint density at radius 1 is 1.30 bits per heavy atom. The van der Waals surface area contributed by atoms with Gasteiger partial charge in [-0.25, -0.2) is 0 Å². The Morgan fingerprint density at radius 2 is 2.20 bits per heavy atom. The molecule has 6 heteroatoms. The van der Waals surface area contributed by atoms with Crippen LogP contribution in [0, 0.1) is 0 Å². The number of benzene rings is 1. The molecule has 1 aliphatic rings. The third kappa shape index (κ3) is 1.71. The second-order valence-electron chi connectivity index (χ2n) is 5.36. The standard InChI is InChI=1S/C14H15N5S/c1-8(2)12-16-17-14-19(12)18-13(20-14)10-4-3-9-5-6-15-11(9)7-10/h3-4,7-8,15H,5-6H2,1-2H3. The predicted octanol–water partition coefficient (Wildman–Crippen LogP) is 2.94. The lowest BCUT2D eigenvalue weighted by Crippen LogP contribution is -1.98. The van der Waals surface area contributed by atoms with E-state index in [1.165, 1.54) is 11.3 Å². The Bertz CT molecular complexity index is 786. The Kier molecular flexibility index (Phi) is 2.53. The third-order valence-corrected chi connectivity index (χ3v) is 4.55. The quantitative estimate of drug-likeness (QED) is 0.786. The van der Waals surface area contributed by atoms with E-state index in [1.54, 1.807) is 11.3 Å². The number of nitrogens with one attached hydrogen (secondary N) is 1. The van der Waals surface area contributed by atoms with Crippen LogP contribution in [0.1, 0.15) is 31.2 Å². The van der Waals surface area contributed by atoms with E-state index >= 15 is 0 Å². The van der Waals surface area contributed by atoms with Gasteiger partial charge >= 0.3 is 0 Å². The van der Waals surface area contributed by atoms with Crippen molar-refractivity contribution in [3.8, 4) is 10.6 Å². The summed E-state index contributed by atoms with van der Waals surface area (Å²) in [5, 5.41) is 17.5. The number of nitrogens with zero attached hydrogens (tertiary/aromatic N) is 4. The molecule has 0 bridgehead atoms. The van der Waals surface area contributed by atoms with Gasteiger partial charge in [-0.05, 0) is 18.1 Å². The molecular weight excluding hydrogens is 270 g/mol. The number of rotatable bonds is 2. The van der Waals surface area contributed by atoms with Crippen LogP contribution in [0.15, 0.2) is 18.2 Å². The van der Waals surface area contributed by atoms with Crippen LogP contribution in [0.3, 0.4) is 0 Å². The predicted molar refractivity (Wildman–Crippen MR) is 80.4 cm³/mol. The highest BCUT2D eigenvalue weighted by Crippen LogP contribution is 2.31. The normalized spacial score (nSPS) is 13.9. The first-order chi connectivity index (χ1) is 9.72. The van der Waals surface area contributed by atoms with Gasteiger partial charge in [-0.1, -0.05) is 37.3 Å². The number of aromatic nitrogens is 4. The summed E-state index contributed by atoms with van der Waals surface area (Å²) in [6.45, 7) is 5.24. The number of hydrogen-bond acceptors (Lipinski definition) is 5. The molecule has 20 heavy (non-hydrogen) atoms. The first kappa shape index (κ1) is 11.8. The number of hydrogen-bond donors (Lipinski definition) is 1. The molecule has 1 N–H and O–H groups in total. The minimum Gasteiger partial charge on any atom is -0.384 e. The van der Waals surface area contributed by atoms with Crippen molar-refractivity contribution in [2.75, 3.05) is 11.9 Å². The molecule has 0 unspecified atom stereocenters. The van der Waals surface area contributed by atoms with E-state index < -0.39 is 0 Å². The number of anilines is 1. The fraction of sp³-hybridized carbons (Fsp3) is 0.357. The zero-order valence-electron chi connectivity index (χ0n) is 11.4. The summed E-state index contributed by atoms with van der Waals surface area (Å²) in [6.07, 6.45) is 1.11. The van der Waals surface area contributed by atoms with Gasteiger partial charge in [0.25, 0.3) is 0 Å². The molecular formula is C14H15N5S. The van der Waals surface area contributed by atoms with E-state index in [0.717, 1.165) is 34.3 Å². The van der Waals surface area contributed by atoms with E-state index in [2.05, 4.69) is 52.7 Å². The lowest BCUT2D eigenvalue weighted by Gasteiger charge is -2.02. The van der Waals surface area contributed by atoms with Crippen LogP contribution in [-0.2, 0) is 6.42 Å². The van der Waals surface area contributed by atoms with E-state index in [9.17, 15) is 0 Å². The second-order valence-corrected chi connectivity index (χ2v) is 6.32. The van der Waals surface area contributed by atoms with Crippen LogP contribution < -0.4 is 5.32 Å². The van der Waals surface area contributed by atoms with Crippen LogP contribution in [0.4, 0.5) is 5.69 Å². The van der Waals surface area contributed by atoms with Crippen LogP contribution in [0.25, 0.3) is 15.5 Å². The van der Waals surface area contributed by atoms with Crippen molar-refractivity contribution in [1.82, 2.24) is 19.8 Å². The van der Waals surface area contributed by atoms with E-state index in [4.69, 9.17) is 0 Å². The molecule has 2 aromatic heterocycles. The van der Waals surface area contributed by atoms with Crippen molar-refractivity contribution in [3.05, 3.63) is 29.6 Å². The summed E-state index contributed by atoms with van der Waals surface area (Å²) in [7, 11) is 0. The fourth-order valence-electron chi connectivity index (χ4n) is 2.53. The maximum absolute atomic E-state index is 4.67. The third-order valence-electron chi connectivity index (χ3n) is 3.60. The van der Waals surface area contributed by atoms with Gasteiger partial charge in [0, 0.05) is 23.7 Å². The summed E-state index contributed by atoms with van der Waals surface area (Å²) in [6, 6.07) is 6.52. The molecule has 0 radical (unpaired) electrons. The van der Waals surface area contributed by atoms with E-state index in [0.29, 0.717) is 5.92 Å². The molecule has 3 aromatic rings. The molecule has 0 atom stereocenters. The summed E-state index contributed by atoms with van der Waals surface area (Å²) in [5.74, 6) is 1.24. The van der Waals surface area contributed by atoms with Crippen molar-refractivity contribution >= 4 is 22.0 Å². The van der Waals surface area contributed by atoms with Crippen molar-refractivity contribution < 1.29 is 0 Å². The molecule has 5 nitrogen and oxygen atoms in total. The minimum absolute atomic E-state index is 0.321. The Hall–Kier alpha value is -1.95. The summed E-state index contributed by atoms with van der Waals surface area (Å²) >= 11 is 1.58. The Labute approximate surface area is 120 Å². The zero-order valence-corrected chi connectivity index (χ0v) is 12.2. The van der Waals surface area contributed by atoms with Gasteiger partial charge in [0.2, 0.25) is 4.96 Å². The molecule has 1 aromatic carbocycles. The second kappa shape index (κ2) is 4.28. The highest BCUT2D eigenvalue weighted by Gasteiger charge is 2.17. The highest BCUT2D eigenvalue weighted by molar-refractivity contribution is 7.19. The molecule has 3 heterocycles. The van der Waals surface area contributed by atoms with Crippen molar-refractivity contribution in [1.29, 1.82) is 0 Å². The molecule has 0 fully saturated rings. The molecule has 0 saturated carbocycles. The molecule has 0 aliphatic carbocycles. The largest absolute Gasteiger partial charge is 0.384 e. The average Bonchev–Trinajstić information content (AvgIpc) is 3.11. The summed E-state index contributed by atoms with van der Waals surface area (Å²) in [4.78, 5) is 0.858. The van der Waals surface area contributed by atoms with Gasteiger partial charge in [-0.2, -0.15) is 9.61 Å². The number of fused-ring (bicyclic) bond motifs is 2. The van der Waals surface area contributed by atoms with Gasteiger partial charge in [-0.15, -0.1) is 10.2 Å². The first-order valence-corrected chi connectivity index (χ1v) is 7.63. The van der Waals surface area contributed by atoms with Crippen molar-refractivity contribution in [2.24, 2.45) is 0 Å².